The molecule has 1 fully saturated rings. The number of fused-ring (bicyclic) bond motifs is 1. The molecule has 0 radical (unpaired) electrons. The minimum atomic E-state index is -0.837. The van der Waals surface area contributed by atoms with E-state index in [4.69, 9.17) is 9.84 Å². The second-order valence-electron chi connectivity index (χ2n) is 7.85. The number of nitrogens with zero attached hydrogens (tertiary/aromatic N) is 2. The number of hydrogen-bond acceptors (Lipinski definition) is 5. The van der Waals surface area contributed by atoms with Crippen molar-refractivity contribution in [2.45, 2.75) is 37.8 Å². The first kappa shape index (κ1) is 20.8. The van der Waals surface area contributed by atoms with Crippen LogP contribution in [0.2, 0.25) is 0 Å². The summed E-state index contributed by atoms with van der Waals surface area (Å²) in [7, 11) is 1.78. The Hall–Kier alpha value is -1.96. The predicted molar refractivity (Wildman–Crippen MR) is 106 cm³/mol. The van der Waals surface area contributed by atoms with Crippen molar-refractivity contribution in [3.63, 3.8) is 0 Å². The third-order valence-electron chi connectivity index (χ3n) is 5.50. The highest BCUT2D eigenvalue weighted by Crippen LogP contribution is 2.29. The van der Waals surface area contributed by atoms with E-state index in [1.807, 2.05) is 6.07 Å². The van der Waals surface area contributed by atoms with Crippen LogP contribution in [-0.4, -0.2) is 79.3 Å². The van der Waals surface area contributed by atoms with Crippen molar-refractivity contribution in [3.05, 3.63) is 35.4 Å². The molecule has 2 unspecified atom stereocenters. The fraction of sp³-hybridized carbons (Fsp3) is 0.619. The molecule has 154 valence electrons. The second-order valence-corrected chi connectivity index (χ2v) is 7.85. The van der Waals surface area contributed by atoms with Crippen molar-refractivity contribution in [2.75, 3.05) is 46.4 Å². The Labute approximate surface area is 166 Å². The first-order chi connectivity index (χ1) is 13.5. The SMILES string of the molecule is CN(CC(=O)O)CC1CN(CCC(=O)NC2CCCc3ccccc32)CCO1. The van der Waals surface area contributed by atoms with E-state index in [0.29, 0.717) is 26.1 Å². The number of morpholine rings is 1. The van der Waals surface area contributed by atoms with Crippen LogP contribution in [0.15, 0.2) is 24.3 Å². The number of benzene rings is 1. The topological polar surface area (TPSA) is 82.1 Å². The number of nitrogens with one attached hydrogen (secondary N) is 1. The third-order valence-corrected chi connectivity index (χ3v) is 5.50. The van der Waals surface area contributed by atoms with E-state index in [9.17, 15) is 9.59 Å². The third kappa shape index (κ3) is 6.02. The Morgan fingerprint density at radius 3 is 3.00 bits per heavy atom. The number of amides is 1. The number of rotatable bonds is 8. The van der Waals surface area contributed by atoms with Crippen LogP contribution in [0, 0.1) is 0 Å². The molecule has 7 nitrogen and oxygen atoms in total. The van der Waals surface area contributed by atoms with Gasteiger partial charge in [0.1, 0.15) is 0 Å². The largest absolute Gasteiger partial charge is 0.480 e. The number of carboxylic acids is 1. The smallest absolute Gasteiger partial charge is 0.317 e. The molecule has 3 rings (SSSR count). The van der Waals surface area contributed by atoms with Crippen LogP contribution in [-0.2, 0) is 20.7 Å². The summed E-state index contributed by atoms with van der Waals surface area (Å²) in [4.78, 5) is 27.3. The van der Waals surface area contributed by atoms with E-state index in [2.05, 4.69) is 28.4 Å². The van der Waals surface area contributed by atoms with E-state index in [-0.39, 0.29) is 24.6 Å². The lowest BCUT2D eigenvalue weighted by molar-refractivity contribution is -0.138. The molecular formula is C21H31N3O4. The number of carbonyl (C=O) groups excluding carboxylic acids is 1. The minimum Gasteiger partial charge on any atom is -0.480 e. The minimum absolute atomic E-state index is 0.00509. The van der Waals surface area contributed by atoms with Gasteiger partial charge in [0.25, 0.3) is 0 Å². The van der Waals surface area contributed by atoms with Gasteiger partial charge in [-0.2, -0.15) is 0 Å². The summed E-state index contributed by atoms with van der Waals surface area (Å²) in [6.45, 7) is 3.42. The number of carboxylic acid groups (broad SMARTS) is 1. The normalized spacial score (nSPS) is 22.6. The monoisotopic (exact) mass is 389 g/mol. The van der Waals surface area contributed by atoms with Crippen LogP contribution in [0.4, 0.5) is 0 Å². The van der Waals surface area contributed by atoms with Gasteiger partial charge in [-0.05, 0) is 37.4 Å². The number of hydrogen-bond donors (Lipinski definition) is 2. The number of aliphatic carboxylic acids is 1. The lowest BCUT2D eigenvalue weighted by atomic mass is 9.87. The zero-order valence-electron chi connectivity index (χ0n) is 16.6. The van der Waals surface area contributed by atoms with E-state index < -0.39 is 5.97 Å². The molecule has 1 heterocycles. The molecule has 0 saturated carbocycles. The summed E-state index contributed by atoms with van der Waals surface area (Å²) in [6, 6.07) is 8.51. The summed E-state index contributed by atoms with van der Waals surface area (Å²) in [6.07, 6.45) is 3.64. The van der Waals surface area contributed by atoms with Gasteiger partial charge in [-0.1, -0.05) is 24.3 Å². The van der Waals surface area contributed by atoms with Gasteiger partial charge in [0, 0.05) is 32.6 Å². The van der Waals surface area contributed by atoms with Crippen molar-refractivity contribution < 1.29 is 19.4 Å². The van der Waals surface area contributed by atoms with Crippen LogP contribution >= 0.6 is 0 Å². The summed E-state index contributed by atoms with van der Waals surface area (Å²) in [5.41, 5.74) is 2.61. The van der Waals surface area contributed by atoms with Gasteiger partial charge in [-0.25, -0.2) is 0 Å². The maximum atomic E-state index is 12.5. The van der Waals surface area contributed by atoms with Crippen LogP contribution in [0.5, 0.6) is 0 Å². The molecule has 0 spiro atoms. The van der Waals surface area contributed by atoms with Crippen molar-refractivity contribution in [3.8, 4) is 0 Å². The maximum Gasteiger partial charge on any atom is 0.317 e. The molecule has 0 bridgehead atoms. The molecule has 1 aromatic rings. The average molecular weight is 389 g/mol. The standard InChI is InChI=1S/C21H31N3O4/c1-23(15-21(26)27)13-17-14-24(11-12-28-17)10-9-20(25)22-19-8-4-6-16-5-2-3-7-18(16)19/h2-3,5,7,17,19H,4,6,8-15H2,1H3,(H,22,25)(H,26,27). The molecule has 1 aromatic carbocycles. The number of ether oxygens (including phenoxy) is 1. The molecule has 1 aliphatic heterocycles. The number of aryl methyl sites for hydroxylation is 1. The molecule has 7 heteroatoms. The highest BCUT2D eigenvalue weighted by molar-refractivity contribution is 5.76. The molecule has 1 aliphatic carbocycles. The van der Waals surface area contributed by atoms with Crippen molar-refractivity contribution >= 4 is 11.9 Å². The molecule has 2 atom stereocenters. The van der Waals surface area contributed by atoms with E-state index in [1.165, 1.54) is 11.1 Å². The summed E-state index contributed by atoms with van der Waals surface area (Å²) < 4.78 is 5.75. The fourth-order valence-corrected chi connectivity index (χ4v) is 4.17. The Kier molecular flexibility index (Phi) is 7.42. The molecule has 2 aliphatic rings. The zero-order valence-corrected chi connectivity index (χ0v) is 16.6. The van der Waals surface area contributed by atoms with Gasteiger partial charge in [-0.15, -0.1) is 0 Å². The average Bonchev–Trinajstić information content (AvgIpc) is 2.66. The maximum absolute atomic E-state index is 12.5. The van der Waals surface area contributed by atoms with E-state index in [0.717, 1.165) is 32.4 Å². The lowest BCUT2D eigenvalue weighted by Gasteiger charge is -2.34. The first-order valence-electron chi connectivity index (χ1n) is 10.1. The van der Waals surface area contributed by atoms with Crippen LogP contribution in [0.25, 0.3) is 0 Å². The Bertz CT molecular complexity index is 681. The molecule has 0 aromatic heterocycles. The van der Waals surface area contributed by atoms with E-state index in [1.54, 1.807) is 11.9 Å². The van der Waals surface area contributed by atoms with Gasteiger partial charge in [0.15, 0.2) is 0 Å². The van der Waals surface area contributed by atoms with Crippen LogP contribution in [0.1, 0.15) is 36.4 Å². The summed E-state index contributed by atoms with van der Waals surface area (Å²) in [5.74, 6) is -0.746. The Morgan fingerprint density at radius 2 is 2.18 bits per heavy atom. The summed E-state index contributed by atoms with van der Waals surface area (Å²) >= 11 is 0. The lowest BCUT2D eigenvalue weighted by Crippen LogP contribution is -2.48. The van der Waals surface area contributed by atoms with Gasteiger partial charge in [0.05, 0.1) is 25.3 Å². The van der Waals surface area contributed by atoms with Crippen molar-refractivity contribution in [1.29, 1.82) is 0 Å². The van der Waals surface area contributed by atoms with Crippen molar-refractivity contribution in [1.82, 2.24) is 15.1 Å². The molecule has 28 heavy (non-hydrogen) atoms. The van der Waals surface area contributed by atoms with Crippen LogP contribution in [0.3, 0.4) is 0 Å². The van der Waals surface area contributed by atoms with Crippen LogP contribution < -0.4 is 5.32 Å². The quantitative estimate of drug-likeness (QED) is 0.697. The Balaban J connectivity index is 1.43. The number of carbonyl (C=O) groups is 2. The first-order valence-corrected chi connectivity index (χ1v) is 10.1. The summed E-state index contributed by atoms with van der Waals surface area (Å²) in [5, 5.41) is 12.1. The van der Waals surface area contributed by atoms with Gasteiger partial charge in [0.2, 0.25) is 5.91 Å². The zero-order chi connectivity index (χ0) is 19.9. The molecule has 2 N–H and O–H groups in total. The highest BCUT2D eigenvalue weighted by atomic mass is 16.5. The second kappa shape index (κ2) is 10.0. The van der Waals surface area contributed by atoms with Gasteiger partial charge < -0.3 is 15.2 Å². The predicted octanol–water partition coefficient (Wildman–Crippen LogP) is 1.29. The van der Waals surface area contributed by atoms with Gasteiger partial charge in [-0.3, -0.25) is 19.4 Å². The molecule has 1 saturated heterocycles. The van der Waals surface area contributed by atoms with Gasteiger partial charge >= 0.3 is 5.97 Å². The molecule has 1 amide bonds. The molecular weight excluding hydrogens is 358 g/mol. The number of likely N-dealkylation sites (N-methyl/N-ethyl adjacent to an activating group) is 1. The fourth-order valence-electron chi connectivity index (χ4n) is 4.17. The Morgan fingerprint density at radius 1 is 1.36 bits per heavy atom. The van der Waals surface area contributed by atoms with E-state index >= 15 is 0 Å². The highest BCUT2D eigenvalue weighted by Gasteiger charge is 2.24. The van der Waals surface area contributed by atoms with Crippen molar-refractivity contribution in [2.24, 2.45) is 0 Å².